The number of aryl methyl sites for hydroxylation is 1. The van der Waals surface area contributed by atoms with Crippen LogP contribution < -0.4 is 15.0 Å². The summed E-state index contributed by atoms with van der Waals surface area (Å²) >= 11 is 0. The van der Waals surface area contributed by atoms with E-state index in [1.54, 1.807) is 16.7 Å². The third-order valence-electron chi connectivity index (χ3n) is 7.57. The molecule has 0 radical (unpaired) electrons. The number of nitrogens with one attached hydrogen (secondary N) is 1. The molecule has 7 heteroatoms. The van der Waals surface area contributed by atoms with E-state index in [4.69, 9.17) is 9.84 Å². The average Bonchev–Trinajstić information content (AvgIpc) is 3.33. The number of rotatable bonds is 6. The molecule has 1 saturated carbocycles. The van der Waals surface area contributed by atoms with Gasteiger partial charge in [-0.3, -0.25) is 19.2 Å². The molecule has 2 heterocycles. The number of ether oxygens (including phenoxy) is 1. The molecular weight excluding hydrogens is 452 g/mol. The molecule has 188 valence electrons. The van der Waals surface area contributed by atoms with E-state index >= 15 is 0 Å². The van der Waals surface area contributed by atoms with Crippen molar-refractivity contribution in [3.8, 4) is 17.0 Å². The molecule has 3 aromatic rings. The molecule has 2 aliphatic rings. The van der Waals surface area contributed by atoms with Crippen LogP contribution in [0.1, 0.15) is 62.0 Å². The lowest BCUT2D eigenvalue weighted by Gasteiger charge is -2.44. The molecule has 2 amide bonds. The van der Waals surface area contributed by atoms with E-state index in [0.717, 1.165) is 49.1 Å². The predicted octanol–water partition coefficient (Wildman–Crippen LogP) is 4.99. The van der Waals surface area contributed by atoms with Gasteiger partial charge in [0.1, 0.15) is 17.0 Å². The van der Waals surface area contributed by atoms with E-state index in [0.29, 0.717) is 11.4 Å². The Morgan fingerprint density at radius 2 is 1.78 bits per heavy atom. The van der Waals surface area contributed by atoms with E-state index in [-0.39, 0.29) is 24.4 Å². The van der Waals surface area contributed by atoms with Gasteiger partial charge in [-0.15, -0.1) is 0 Å². The topological polar surface area (TPSA) is 76.5 Å². The van der Waals surface area contributed by atoms with Gasteiger partial charge in [-0.2, -0.15) is 5.10 Å². The molecule has 36 heavy (non-hydrogen) atoms. The lowest BCUT2D eigenvalue weighted by molar-refractivity contribution is -0.127. The summed E-state index contributed by atoms with van der Waals surface area (Å²) in [5.41, 5.74) is 2.85. The molecule has 1 N–H and O–H groups in total. The largest absolute Gasteiger partial charge is 0.497 e. The molecule has 5 rings (SSSR count). The average molecular weight is 487 g/mol. The maximum absolute atomic E-state index is 14.0. The molecule has 0 spiro atoms. The first-order chi connectivity index (χ1) is 17.4. The fourth-order valence-electron chi connectivity index (χ4n) is 5.36. The highest BCUT2D eigenvalue weighted by atomic mass is 16.5. The highest BCUT2D eigenvalue weighted by molar-refractivity contribution is 6.12. The van der Waals surface area contributed by atoms with Crippen LogP contribution in [0.15, 0.2) is 54.6 Å². The van der Waals surface area contributed by atoms with Crippen LogP contribution in [0.2, 0.25) is 0 Å². The smallest absolute Gasteiger partial charge is 0.277 e. The Kier molecular flexibility index (Phi) is 6.56. The van der Waals surface area contributed by atoms with Crippen molar-refractivity contribution < 1.29 is 14.3 Å². The Morgan fingerprint density at radius 3 is 2.42 bits per heavy atom. The van der Waals surface area contributed by atoms with Crippen molar-refractivity contribution in [1.29, 1.82) is 0 Å². The third kappa shape index (κ3) is 4.38. The van der Waals surface area contributed by atoms with Gasteiger partial charge in [0, 0.05) is 17.3 Å². The van der Waals surface area contributed by atoms with Crippen LogP contribution in [0.5, 0.6) is 5.75 Å². The Balaban J connectivity index is 1.53. The molecule has 1 aliphatic heterocycles. The molecule has 7 nitrogen and oxygen atoms in total. The summed E-state index contributed by atoms with van der Waals surface area (Å²) in [4.78, 5) is 29.5. The quantitative estimate of drug-likeness (QED) is 0.533. The fourth-order valence-corrected chi connectivity index (χ4v) is 5.36. The molecule has 0 saturated heterocycles. The second-order valence-electron chi connectivity index (χ2n) is 10.0. The lowest BCUT2D eigenvalue weighted by atomic mass is 9.91. The number of hydrogen-bond acceptors (Lipinski definition) is 4. The first-order valence-corrected chi connectivity index (χ1v) is 12.9. The molecule has 1 atom stereocenters. The Bertz CT molecular complexity index is 1240. The van der Waals surface area contributed by atoms with Crippen molar-refractivity contribution in [2.75, 3.05) is 12.0 Å². The second kappa shape index (κ2) is 9.80. The van der Waals surface area contributed by atoms with Gasteiger partial charge in [-0.25, -0.2) is 0 Å². The van der Waals surface area contributed by atoms with Gasteiger partial charge in [-0.05, 0) is 74.2 Å². The summed E-state index contributed by atoms with van der Waals surface area (Å²) in [7, 11) is 1.63. The molecule has 0 bridgehead atoms. The van der Waals surface area contributed by atoms with Crippen molar-refractivity contribution >= 4 is 17.5 Å². The normalized spacial score (nSPS) is 20.2. The van der Waals surface area contributed by atoms with E-state index in [2.05, 4.69) is 12.2 Å². The number of methoxy groups -OCH3 is 1. The zero-order valence-corrected chi connectivity index (χ0v) is 21.3. The standard InChI is InChI=1S/C29H34N4O3/c1-4-20-10-14-23(15-11-20)33-27(34)26-18-25(21-12-16-24(36-3)17-13-21)31-32(26)19-29(33,2)28(35)30-22-8-6-5-7-9-22/h10-18,22H,4-9,19H2,1-3H3,(H,30,35)/t29-/m0/s1. The van der Waals surface area contributed by atoms with Crippen LogP contribution in [0.25, 0.3) is 11.3 Å². The highest BCUT2D eigenvalue weighted by Crippen LogP contribution is 2.35. The zero-order chi connectivity index (χ0) is 25.3. The Labute approximate surface area is 212 Å². The van der Waals surface area contributed by atoms with E-state index in [9.17, 15) is 9.59 Å². The summed E-state index contributed by atoms with van der Waals surface area (Å²) in [5, 5.41) is 8.02. The van der Waals surface area contributed by atoms with Crippen molar-refractivity contribution in [2.24, 2.45) is 0 Å². The number of carbonyl (C=O) groups excluding carboxylic acids is 2. The maximum Gasteiger partial charge on any atom is 0.277 e. The molecule has 1 aliphatic carbocycles. The van der Waals surface area contributed by atoms with E-state index in [1.165, 1.54) is 12.0 Å². The number of aromatic nitrogens is 2. The molecular formula is C29H34N4O3. The van der Waals surface area contributed by atoms with Crippen molar-refractivity contribution in [2.45, 2.75) is 70.5 Å². The third-order valence-corrected chi connectivity index (χ3v) is 7.57. The lowest BCUT2D eigenvalue weighted by Crippen LogP contribution is -2.65. The summed E-state index contributed by atoms with van der Waals surface area (Å²) in [6, 6.07) is 17.5. The minimum Gasteiger partial charge on any atom is -0.497 e. The number of benzene rings is 2. The minimum atomic E-state index is -1.11. The number of carbonyl (C=O) groups is 2. The number of hydrogen-bond donors (Lipinski definition) is 1. The molecule has 0 unspecified atom stereocenters. The first-order valence-electron chi connectivity index (χ1n) is 12.9. The summed E-state index contributed by atoms with van der Waals surface area (Å²) < 4.78 is 6.96. The van der Waals surface area contributed by atoms with Crippen LogP contribution in [0.4, 0.5) is 5.69 Å². The van der Waals surface area contributed by atoms with Gasteiger partial charge in [0.25, 0.3) is 5.91 Å². The van der Waals surface area contributed by atoms with Crippen LogP contribution in [-0.2, 0) is 17.8 Å². The minimum absolute atomic E-state index is 0.130. The summed E-state index contributed by atoms with van der Waals surface area (Å²) in [5.74, 6) is 0.404. The number of nitrogens with zero attached hydrogens (tertiary/aromatic N) is 3. The number of fused-ring (bicyclic) bond motifs is 1. The maximum atomic E-state index is 14.0. The van der Waals surface area contributed by atoms with Crippen LogP contribution >= 0.6 is 0 Å². The monoisotopic (exact) mass is 486 g/mol. The van der Waals surface area contributed by atoms with Gasteiger partial charge in [0.2, 0.25) is 5.91 Å². The van der Waals surface area contributed by atoms with Crippen LogP contribution in [-0.4, -0.2) is 40.3 Å². The van der Waals surface area contributed by atoms with Gasteiger partial charge in [-0.1, -0.05) is 38.3 Å². The number of amides is 2. The van der Waals surface area contributed by atoms with Gasteiger partial charge >= 0.3 is 0 Å². The van der Waals surface area contributed by atoms with Gasteiger partial charge in [0.05, 0.1) is 19.3 Å². The first kappa shape index (κ1) is 24.1. The summed E-state index contributed by atoms with van der Waals surface area (Å²) in [6.45, 7) is 4.23. The zero-order valence-electron chi connectivity index (χ0n) is 21.3. The van der Waals surface area contributed by atoms with E-state index < -0.39 is 5.54 Å². The van der Waals surface area contributed by atoms with Crippen molar-refractivity contribution in [3.05, 3.63) is 65.9 Å². The number of anilines is 1. The van der Waals surface area contributed by atoms with Crippen molar-refractivity contribution in [1.82, 2.24) is 15.1 Å². The van der Waals surface area contributed by atoms with Crippen LogP contribution in [0, 0.1) is 0 Å². The molecule has 1 fully saturated rings. The van der Waals surface area contributed by atoms with Crippen molar-refractivity contribution in [3.63, 3.8) is 0 Å². The SMILES string of the molecule is CCc1ccc(N2C(=O)c3cc(-c4ccc(OC)cc4)nn3C[C@@]2(C)C(=O)NC2CCCCC2)cc1. The molecule has 1 aromatic heterocycles. The predicted molar refractivity (Wildman–Crippen MR) is 140 cm³/mol. The van der Waals surface area contributed by atoms with Crippen LogP contribution in [0.3, 0.4) is 0 Å². The fraction of sp³-hybridized carbons (Fsp3) is 0.414. The Hall–Kier alpha value is -3.61. The van der Waals surface area contributed by atoms with Gasteiger partial charge < -0.3 is 10.1 Å². The summed E-state index contributed by atoms with van der Waals surface area (Å²) in [6.07, 6.45) is 6.33. The Morgan fingerprint density at radius 1 is 1.08 bits per heavy atom. The highest BCUT2D eigenvalue weighted by Gasteiger charge is 2.49. The van der Waals surface area contributed by atoms with Gasteiger partial charge in [0.15, 0.2) is 0 Å². The molecule has 2 aromatic carbocycles. The van der Waals surface area contributed by atoms with E-state index in [1.807, 2.05) is 61.5 Å². The second-order valence-corrected chi connectivity index (χ2v) is 10.0.